The first kappa shape index (κ1) is 9.80. The van der Waals surface area contributed by atoms with E-state index in [1.54, 1.807) is 13.1 Å². The molecule has 1 N–H and O–H groups in total. The number of carbonyl (C=O) groups excluding carboxylic acids is 1. The number of ether oxygens (including phenoxy) is 1. The Kier molecular flexibility index (Phi) is 3.08. The van der Waals surface area contributed by atoms with E-state index >= 15 is 0 Å². The average Bonchev–Trinajstić information content (AvgIpc) is 2.53. The molecule has 0 fully saturated rings. The molecule has 0 aliphatic rings. The van der Waals surface area contributed by atoms with Gasteiger partial charge in [-0.15, -0.1) is 0 Å². The lowest BCUT2D eigenvalue weighted by atomic mass is 10.2. The summed E-state index contributed by atoms with van der Waals surface area (Å²) in [6.07, 6.45) is 0. The van der Waals surface area contributed by atoms with Crippen LogP contribution in [0.25, 0.3) is 0 Å². The Morgan fingerprint density at radius 2 is 2.31 bits per heavy atom. The minimum Gasteiger partial charge on any atom is -0.468 e. The van der Waals surface area contributed by atoms with Gasteiger partial charge in [0, 0.05) is 0 Å². The largest absolute Gasteiger partial charge is 0.468 e. The summed E-state index contributed by atoms with van der Waals surface area (Å²) in [5.41, 5.74) is 0. The molecule has 0 aliphatic heterocycles. The number of rotatable bonds is 3. The van der Waals surface area contributed by atoms with Crippen LogP contribution >= 0.6 is 0 Å². The molecule has 4 nitrogen and oxygen atoms in total. The Morgan fingerprint density at radius 3 is 2.69 bits per heavy atom. The van der Waals surface area contributed by atoms with E-state index in [4.69, 9.17) is 4.42 Å². The molecule has 0 amide bonds. The van der Waals surface area contributed by atoms with Gasteiger partial charge in [0.2, 0.25) is 0 Å². The first-order valence-corrected chi connectivity index (χ1v) is 4.00. The van der Waals surface area contributed by atoms with Gasteiger partial charge in [0.25, 0.3) is 0 Å². The molecular formula is C9H13NO3. The van der Waals surface area contributed by atoms with Crippen molar-refractivity contribution in [3.63, 3.8) is 0 Å². The maximum atomic E-state index is 11.2. The van der Waals surface area contributed by atoms with E-state index in [0.717, 1.165) is 5.76 Å². The van der Waals surface area contributed by atoms with Crippen LogP contribution in [0.1, 0.15) is 17.6 Å². The number of aryl methyl sites for hydroxylation is 1. The van der Waals surface area contributed by atoms with Gasteiger partial charge in [0.1, 0.15) is 11.5 Å². The van der Waals surface area contributed by atoms with Gasteiger partial charge in [-0.05, 0) is 26.1 Å². The highest BCUT2D eigenvalue weighted by Crippen LogP contribution is 2.16. The molecule has 72 valence electrons. The molecular weight excluding hydrogens is 170 g/mol. The molecule has 4 heteroatoms. The highest BCUT2D eigenvalue weighted by molar-refractivity contribution is 5.76. The molecule has 1 unspecified atom stereocenters. The Balaban J connectivity index is 2.84. The Labute approximate surface area is 76.9 Å². The van der Waals surface area contributed by atoms with Crippen LogP contribution in [-0.4, -0.2) is 20.1 Å². The second-order valence-electron chi connectivity index (χ2n) is 2.69. The third-order valence-corrected chi connectivity index (χ3v) is 1.77. The fourth-order valence-electron chi connectivity index (χ4n) is 1.10. The SMILES string of the molecule is CNC(C(=O)OC)c1ccc(C)o1. The normalized spacial score (nSPS) is 12.5. The number of esters is 1. The number of nitrogens with one attached hydrogen (secondary N) is 1. The molecule has 1 heterocycles. The molecule has 0 radical (unpaired) electrons. The zero-order valence-electron chi connectivity index (χ0n) is 7.96. The summed E-state index contributed by atoms with van der Waals surface area (Å²) in [5, 5.41) is 2.81. The number of carbonyl (C=O) groups is 1. The van der Waals surface area contributed by atoms with Crippen LogP contribution in [-0.2, 0) is 9.53 Å². The fraction of sp³-hybridized carbons (Fsp3) is 0.444. The van der Waals surface area contributed by atoms with Gasteiger partial charge in [0.15, 0.2) is 6.04 Å². The van der Waals surface area contributed by atoms with Crippen molar-refractivity contribution < 1.29 is 13.9 Å². The van der Waals surface area contributed by atoms with E-state index in [2.05, 4.69) is 10.1 Å². The summed E-state index contributed by atoms with van der Waals surface area (Å²) in [6.45, 7) is 1.83. The topological polar surface area (TPSA) is 51.5 Å². The lowest BCUT2D eigenvalue weighted by molar-refractivity contribution is -0.143. The maximum absolute atomic E-state index is 11.2. The molecule has 13 heavy (non-hydrogen) atoms. The fourth-order valence-corrected chi connectivity index (χ4v) is 1.10. The molecule has 1 aromatic rings. The van der Waals surface area contributed by atoms with Crippen molar-refractivity contribution in [2.75, 3.05) is 14.2 Å². The highest BCUT2D eigenvalue weighted by atomic mass is 16.5. The molecule has 0 aliphatic carbocycles. The summed E-state index contributed by atoms with van der Waals surface area (Å²) >= 11 is 0. The summed E-state index contributed by atoms with van der Waals surface area (Å²) < 4.78 is 9.90. The van der Waals surface area contributed by atoms with E-state index in [1.807, 2.05) is 13.0 Å². The minimum absolute atomic E-state index is 0.350. The lowest BCUT2D eigenvalue weighted by Crippen LogP contribution is -2.25. The number of hydrogen-bond acceptors (Lipinski definition) is 4. The Morgan fingerprint density at radius 1 is 1.62 bits per heavy atom. The van der Waals surface area contributed by atoms with Gasteiger partial charge >= 0.3 is 5.97 Å². The second-order valence-corrected chi connectivity index (χ2v) is 2.69. The van der Waals surface area contributed by atoms with Crippen molar-refractivity contribution >= 4 is 5.97 Å². The zero-order chi connectivity index (χ0) is 9.84. The summed E-state index contributed by atoms with van der Waals surface area (Å²) in [6, 6.07) is 3.05. The molecule has 0 saturated carbocycles. The van der Waals surface area contributed by atoms with E-state index < -0.39 is 6.04 Å². The van der Waals surface area contributed by atoms with Crippen LogP contribution < -0.4 is 5.32 Å². The van der Waals surface area contributed by atoms with Crippen molar-refractivity contribution in [3.8, 4) is 0 Å². The minimum atomic E-state index is -0.515. The smallest absolute Gasteiger partial charge is 0.330 e. The van der Waals surface area contributed by atoms with Crippen molar-refractivity contribution in [2.24, 2.45) is 0 Å². The average molecular weight is 183 g/mol. The quantitative estimate of drug-likeness (QED) is 0.711. The van der Waals surface area contributed by atoms with E-state index in [0.29, 0.717) is 5.76 Å². The van der Waals surface area contributed by atoms with Crippen LogP contribution in [0, 0.1) is 6.92 Å². The van der Waals surface area contributed by atoms with Crippen molar-refractivity contribution in [1.82, 2.24) is 5.32 Å². The number of likely N-dealkylation sites (N-methyl/N-ethyl adjacent to an activating group) is 1. The van der Waals surface area contributed by atoms with E-state index in [1.165, 1.54) is 7.11 Å². The van der Waals surface area contributed by atoms with Gasteiger partial charge in [0.05, 0.1) is 7.11 Å². The molecule has 0 bridgehead atoms. The summed E-state index contributed by atoms with van der Waals surface area (Å²) in [5.74, 6) is 1.00. The predicted octanol–water partition coefficient (Wildman–Crippen LogP) is 1.02. The first-order valence-electron chi connectivity index (χ1n) is 4.00. The van der Waals surface area contributed by atoms with Crippen LogP contribution in [0.2, 0.25) is 0 Å². The Bertz CT molecular complexity index is 293. The van der Waals surface area contributed by atoms with Gasteiger partial charge in [-0.25, -0.2) is 4.79 Å². The number of hydrogen-bond donors (Lipinski definition) is 1. The van der Waals surface area contributed by atoms with Crippen LogP contribution in [0.15, 0.2) is 16.5 Å². The van der Waals surface area contributed by atoms with E-state index in [-0.39, 0.29) is 5.97 Å². The van der Waals surface area contributed by atoms with Gasteiger partial charge in [-0.2, -0.15) is 0 Å². The molecule has 1 aromatic heterocycles. The van der Waals surface area contributed by atoms with Gasteiger partial charge in [-0.1, -0.05) is 0 Å². The molecule has 1 rings (SSSR count). The third kappa shape index (κ3) is 2.09. The van der Waals surface area contributed by atoms with Crippen molar-refractivity contribution in [2.45, 2.75) is 13.0 Å². The van der Waals surface area contributed by atoms with Crippen molar-refractivity contribution in [3.05, 3.63) is 23.7 Å². The van der Waals surface area contributed by atoms with Gasteiger partial charge in [-0.3, -0.25) is 0 Å². The third-order valence-electron chi connectivity index (χ3n) is 1.77. The standard InChI is InChI=1S/C9H13NO3/c1-6-4-5-7(13-6)8(10-2)9(11)12-3/h4-5,8,10H,1-3H3. The lowest BCUT2D eigenvalue weighted by Gasteiger charge is -2.10. The first-order chi connectivity index (χ1) is 6.19. The molecule has 0 spiro atoms. The predicted molar refractivity (Wildman–Crippen MR) is 47.3 cm³/mol. The van der Waals surface area contributed by atoms with Crippen LogP contribution in [0.5, 0.6) is 0 Å². The maximum Gasteiger partial charge on any atom is 0.330 e. The monoisotopic (exact) mass is 183 g/mol. The molecule has 1 atom stereocenters. The summed E-state index contributed by atoms with van der Waals surface area (Å²) in [7, 11) is 3.03. The Hall–Kier alpha value is -1.29. The van der Waals surface area contributed by atoms with E-state index in [9.17, 15) is 4.79 Å². The van der Waals surface area contributed by atoms with Crippen molar-refractivity contribution in [1.29, 1.82) is 0 Å². The number of methoxy groups -OCH3 is 1. The van der Waals surface area contributed by atoms with Crippen LogP contribution in [0.3, 0.4) is 0 Å². The summed E-state index contributed by atoms with van der Waals surface area (Å²) in [4.78, 5) is 11.2. The highest BCUT2D eigenvalue weighted by Gasteiger charge is 2.22. The second kappa shape index (κ2) is 4.09. The number of furan rings is 1. The zero-order valence-corrected chi connectivity index (χ0v) is 7.96. The molecule has 0 aromatic carbocycles. The van der Waals surface area contributed by atoms with Gasteiger partial charge < -0.3 is 14.5 Å². The molecule has 0 saturated heterocycles. The van der Waals surface area contributed by atoms with Crippen LogP contribution in [0.4, 0.5) is 0 Å².